The number of carbonyl (C=O) groups is 2. The molecule has 0 spiro atoms. The number of hydrogen-bond donors (Lipinski definition) is 0. The summed E-state index contributed by atoms with van der Waals surface area (Å²) >= 11 is 0. The van der Waals surface area contributed by atoms with E-state index in [4.69, 9.17) is 37.9 Å². The van der Waals surface area contributed by atoms with E-state index < -0.39 is 11.9 Å². The molecule has 0 aromatic heterocycles. The Bertz CT molecular complexity index is 1350. The van der Waals surface area contributed by atoms with E-state index in [1.807, 2.05) is 0 Å². The van der Waals surface area contributed by atoms with Gasteiger partial charge in [-0.25, -0.2) is 9.59 Å². The van der Waals surface area contributed by atoms with Crippen LogP contribution in [0.1, 0.15) is 53.0 Å². The van der Waals surface area contributed by atoms with Crippen LogP contribution >= 0.6 is 0 Å². The molecular weight excluding hydrogens is 604 g/mol. The highest BCUT2D eigenvalue weighted by atomic mass is 16.6. The molecule has 3 aromatic carbocycles. The van der Waals surface area contributed by atoms with Crippen molar-refractivity contribution in [3.63, 3.8) is 0 Å². The molecule has 3 aromatic rings. The van der Waals surface area contributed by atoms with Crippen molar-refractivity contribution in [1.29, 1.82) is 0 Å². The van der Waals surface area contributed by atoms with Gasteiger partial charge in [0, 0.05) is 42.4 Å². The second-order valence-corrected chi connectivity index (χ2v) is 12.8. The summed E-state index contributed by atoms with van der Waals surface area (Å²) in [5.74, 6) is 0.834. The van der Waals surface area contributed by atoms with E-state index in [9.17, 15) is 9.59 Å². The topological polar surface area (TPSA) is 108 Å². The zero-order chi connectivity index (χ0) is 33.1. The van der Waals surface area contributed by atoms with E-state index in [2.05, 4.69) is 13.8 Å². The Balaban J connectivity index is 1.02. The normalized spacial score (nSPS) is 16.0. The van der Waals surface area contributed by atoms with E-state index in [-0.39, 0.29) is 10.8 Å². The SMILES string of the molecule is Cc1c(OC(=O)c2ccc(OCCCOCC3(C)COC3)cc2)cccc1OC(=O)c1ccc(OCCCOCC2(C)COC2)cc1. The highest BCUT2D eigenvalue weighted by Crippen LogP contribution is 2.30. The molecule has 0 amide bonds. The average molecular weight is 649 g/mol. The van der Waals surface area contributed by atoms with Crippen LogP contribution in [0.3, 0.4) is 0 Å². The molecule has 0 saturated carbocycles. The molecule has 0 atom stereocenters. The predicted octanol–water partition coefficient (Wildman–Crippen LogP) is 6.08. The van der Waals surface area contributed by atoms with Crippen molar-refractivity contribution in [3.05, 3.63) is 83.4 Å². The predicted molar refractivity (Wildman–Crippen MR) is 174 cm³/mol. The van der Waals surface area contributed by atoms with E-state index in [0.29, 0.717) is 79.3 Å². The van der Waals surface area contributed by atoms with Crippen LogP contribution in [0, 0.1) is 17.8 Å². The zero-order valence-electron chi connectivity index (χ0n) is 27.4. The second kappa shape index (κ2) is 16.2. The smallest absolute Gasteiger partial charge is 0.343 e. The van der Waals surface area contributed by atoms with Gasteiger partial charge in [-0.05, 0) is 67.6 Å². The molecule has 2 fully saturated rings. The number of benzene rings is 3. The molecule has 5 rings (SSSR count). The fourth-order valence-electron chi connectivity index (χ4n) is 4.91. The molecule has 10 nitrogen and oxygen atoms in total. The molecule has 2 saturated heterocycles. The van der Waals surface area contributed by atoms with Gasteiger partial charge in [0.05, 0.1) is 64.0 Å². The summed E-state index contributed by atoms with van der Waals surface area (Å²) in [4.78, 5) is 25.7. The summed E-state index contributed by atoms with van der Waals surface area (Å²) in [5, 5.41) is 0. The Morgan fingerprint density at radius 1 is 0.617 bits per heavy atom. The summed E-state index contributed by atoms with van der Waals surface area (Å²) in [6.45, 7) is 12.6. The minimum absolute atomic E-state index is 0.139. The minimum atomic E-state index is -0.533. The van der Waals surface area contributed by atoms with Gasteiger partial charge in [0.15, 0.2) is 0 Å². The quantitative estimate of drug-likeness (QED) is 0.0915. The van der Waals surface area contributed by atoms with Crippen LogP contribution < -0.4 is 18.9 Å². The van der Waals surface area contributed by atoms with Crippen LogP contribution in [0.4, 0.5) is 0 Å². The molecule has 47 heavy (non-hydrogen) atoms. The number of carbonyl (C=O) groups excluding carboxylic acids is 2. The van der Waals surface area contributed by atoms with Crippen molar-refractivity contribution in [1.82, 2.24) is 0 Å². The van der Waals surface area contributed by atoms with Crippen LogP contribution in [0.5, 0.6) is 23.0 Å². The summed E-state index contributed by atoms with van der Waals surface area (Å²) in [6.07, 6.45) is 1.52. The van der Waals surface area contributed by atoms with Crippen molar-refractivity contribution in [2.75, 3.05) is 66.1 Å². The molecule has 0 bridgehead atoms. The molecule has 252 valence electrons. The molecule has 2 aliphatic heterocycles. The van der Waals surface area contributed by atoms with Gasteiger partial charge >= 0.3 is 11.9 Å². The molecule has 0 aliphatic carbocycles. The van der Waals surface area contributed by atoms with Gasteiger partial charge < -0.3 is 37.9 Å². The minimum Gasteiger partial charge on any atom is -0.494 e. The average Bonchev–Trinajstić information content (AvgIpc) is 3.05. The van der Waals surface area contributed by atoms with E-state index in [1.165, 1.54) is 0 Å². The number of hydrogen-bond acceptors (Lipinski definition) is 10. The highest BCUT2D eigenvalue weighted by molar-refractivity contribution is 5.92. The molecule has 0 unspecified atom stereocenters. The first kappa shape index (κ1) is 34.4. The van der Waals surface area contributed by atoms with Crippen LogP contribution in [0.15, 0.2) is 66.7 Å². The number of rotatable bonds is 18. The van der Waals surface area contributed by atoms with Gasteiger partial charge in [-0.2, -0.15) is 0 Å². The largest absolute Gasteiger partial charge is 0.494 e. The van der Waals surface area contributed by atoms with Gasteiger partial charge in [-0.15, -0.1) is 0 Å². The maximum atomic E-state index is 12.9. The number of ether oxygens (including phenoxy) is 8. The van der Waals surface area contributed by atoms with Crippen molar-refractivity contribution in [2.45, 2.75) is 33.6 Å². The third-order valence-corrected chi connectivity index (χ3v) is 7.93. The first-order chi connectivity index (χ1) is 22.7. The second-order valence-electron chi connectivity index (χ2n) is 12.8. The Morgan fingerprint density at radius 2 is 1.02 bits per heavy atom. The monoisotopic (exact) mass is 648 g/mol. The zero-order valence-corrected chi connectivity index (χ0v) is 27.4. The molecule has 2 aliphatic rings. The number of esters is 2. The molecule has 10 heteroatoms. The van der Waals surface area contributed by atoms with Gasteiger partial charge in [0.25, 0.3) is 0 Å². The highest BCUT2D eigenvalue weighted by Gasteiger charge is 2.34. The van der Waals surface area contributed by atoms with Crippen LogP contribution in [0.25, 0.3) is 0 Å². The van der Waals surface area contributed by atoms with Crippen LogP contribution in [-0.2, 0) is 18.9 Å². The fraction of sp³-hybridized carbons (Fsp3) is 0.459. The Morgan fingerprint density at radius 3 is 1.38 bits per heavy atom. The molecule has 2 heterocycles. The maximum absolute atomic E-state index is 12.9. The lowest BCUT2D eigenvalue weighted by atomic mass is 9.90. The maximum Gasteiger partial charge on any atom is 0.343 e. The lowest BCUT2D eigenvalue weighted by molar-refractivity contribution is -0.138. The van der Waals surface area contributed by atoms with Crippen LogP contribution in [-0.4, -0.2) is 78.0 Å². The lowest BCUT2D eigenvalue weighted by Gasteiger charge is -2.37. The van der Waals surface area contributed by atoms with Crippen molar-refractivity contribution in [2.24, 2.45) is 10.8 Å². The van der Waals surface area contributed by atoms with Crippen molar-refractivity contribution < 1.29 is 47.5 Å². The van der Waals surface area contributed by atoms with E-state index in [0.717, 1.165) is 39.3 Å². The Labute approximate surface area is 276 Å². The first-order valence-corrected chi connectivity index (χ1v) is 16.0. The van der Waals surface area contributed by atoms with Gasteiger partial charge in [-0.1, -0.05) is 19.9 Å². The third kappa shape index (κ3) is 10.0. The molecular formula is C37H44O10. The fourth-order valence-corrected chi connectivity index (χ4v) is 4.91. The van der Waals surface area contributed by atoms with Crippen molar-refractivity contribution >= 4 is 11.9 Å². The summed E-state index contributed by atoms with van der Waals surface area (Å²) in [7, 11) is 0. The van der Waals surface area contributed by atoms with E-state index in [1.54, 1.807) is 73.7 Å². The third-order valence-electron chi connectivity index (χ3n) is 7.93. The van der Waals surface area contributed by atoms with E-state index >= 15 is 0 Å². The van der Waals surface area contributed by atoms with Gasteiger partial charge in [0.1, 0.15) is 23.0 Å². The summed E-state index contributed by atoms with van der Waals surface area (Å²) in [6, 6.07) is 18.5. The molecule has 0 N–H and O–H groups in total. The Kier molecular flexibility index (Phi) is 11.9. The van der Waals surface area contributed by atoms with Gasteiger partial charge in [0.2, 0.25) is 0 Å². The Hall–Kier alpha value is -3.96. The first-order valence-electron chi connectivity index (χ1n) is 16.0. The van der Waals surface area contributed by atoms with Gasteiger partial charge in [-0.3, -0.25) is 0 Å². The van der Waals surface area contributed by atoms with Crippen LogP contribution in [0.2, 0.25) is 0 Å². The standard InChI is InChI=1S/C37H44O10/c1-27-32(46-34(38)28-9-13-30(14-10-28)44-19-5-17-40-21-36(2)23-42-24-36)7-4-8-33(27)47-35(39)29-11-15-31(16-12-29)45-20-6-18-41-22-37(3)25-43-26-37/h4,7-16H,5-6,17-26H2,1-3H3. The molecule has 0 radical (unpaired) electrons. The summed E-state index contributed by atoms with van der Waals surface area (Å²) in [5.41, 5.74) is 1.54. The van der Waals surface area contributed by atoms with Crippen molar-refractivity contribution in [3.8, 4) is 23.0 Å². The lowest BCUT2D eigenvalue weighted by Crippen LogP contribution is -2.43. The summed E-state index contributed by atoms with van der Waals surface area (Å²) < 4.78 is 44.7.